The maximum absolute atomic E-state index is 12.5. The molecule has 2 rings (SSSR count). The molecule has 0 aromatic heterocycles. The summed E-state index contributed by atoms with van der Waals surface area (Å²) in [7, 11) is 0. The molecular formula is C14H11BF3KN2O. The first-order valence-corrected chi connectivity index (χ1v) is 6.15. The molecule has 0 aliphatic rings. The van der Waals surface area contributed by atoms with E-state index < -0.39 is 18.5 Å². The van der Waals surface area contributed by atoms with Crippen LogP contribution in [0.4, 0.5) is 18.6 Å². The van der Waals surface area contributed by atoms with Gasteiger partial charge in [-0.3, -0.25) is 0 Å². The van der Waals surface area contributed by atoms with Crippen molar-refractivity contribution in [3.8, 4) is 11.8 Å². The molecule has 3 nitrogen and oxygen atoms in total. The van der Waals surface area contributed by atoms with Crippen LogP contribution in [-0.2, 0) is 0 Å². The molecule has 0 saturated carbocycles. The Hall–Kier alpha value is -0.979. The third-order valence-electron chi connectivity index (χ3n) is 2.96. The fourth-order valence-corrected chi connectivity index (χ4v) is 1.82. The van der Waals surface area contributed by atoms with E-state index >= 15 is 0 Å². The number of rotatable bonds is 4. The van der Waals surface area contributed by atoms with Gasteiger partial charge in [0.05, 0.1) is 6.07 Å². The van der Waals surface area contributed by atoms with E-state index in [-0.39, 0.29) is 57.1 Å². The number of nitrogens with one attached hydrogen (secondary N) is 1. The quantitative estimate of drug-likeness (QED) is 0.619. The Balaban J connectivity index is 0.00000242. The van der Waals surface area contributed by atoms with Crippen LogP contribution < -0.4 is 62.2 Å². The Morgan fingerprint density at radius 1 is 1.00 bits per heavy atom. The second kappa shape index (κ2) is 8.04. The van der Waals surface area contributed by atoms with E-state index in [0.29, 0.717) is 11.3 Å². The molecule has 1 unspecified atom stereocenters. The molecular weight excluding hydrogens is 319 g/mol. The van der Waals surface area contributed by atoms with Gasteiger partial charge in [-0.05, 0) is 29.8 Å². The number of anilines is 1. The van der Waals surface area contributed by atoms with Crippen LogP contribution in [-0.4, -0.2) is 12.1 Å². The van der Waals surface area contributed by atoms with Crippen LogP contribution >= 0.6 is 0 Å². The summed E-state index contributed by atoms with van der Waals surface area (Å²) in [6, 6.07) is 11.8. The predicted octanol–water partition coefficient (Wildman–Crippen LogP) is 0.127. The molecule has 0 amide bonds. The second-order valence-electron chi connectivity index (χ2n) is 4.49. The molecule has 0 heterocycles. The average molecular weight is 330 g/mol. The molecule has 0 aliphatic carbocycles. The molecule has 0 aliphatic heterocycles. The van der Waals surface area contributed by atoms with Gasteiger partial charge in [-0.25, -0.2) is 0 Å². The summed E-state index contributed by atoms with van der Waals surface area (Å²) in [5.41, 5.74) is 0.331. The van der Waals surface area contributed by atoms with Crippen molar-refractivity contribution in [1.82, 2.24) is 0 Å². The van der Waals surface area contributed by atoms with Crippen molar-refractivity contribution in [2.45, 2.75) is 6.04 Å². The minimum absolute atomic E-state index is 0. The summed E-state index contributed by atoms with van der Waals surface area (Å²) >= 11 is 0. The maximum atomic E-state index is 12.5. The first-order chi connectivity index (χ1) is 9.90. The van der Waals surface area contributed by atoms with Crippen molar-refractivity contribution in [2.24, 2.45) is 0 Å². The zero-order chi connectivity index (χ0) is 15.5. The van der Waals surface area contributed by atoms with Crippen LogP contribution in [0.15, 0.2) is 48.5 Å². The number of hydrogen-bond acceptors (Lipinski definition) is 3. The normalized spacial score (nSPS) is 11.9. The smallest absolute Gasteiger partial charge is 0.508 e. The van der Waals surface area contributed by atoms with Crippen LogP contribution in [0, 0.1) is 11.3 Å². The van der Waals surface area contributed by atoms with Gasteiger partial charge in [0.15, 0.2) is 0 Å². The summed E-state index contributed by atoms with van der Waals surface area (Å²) in [5, 5.41) is 21.2. The molecule has 0 spiro atoms. The molecule has 0 radical (unpaired) electrons. The molecule has 22 heavy (non-hydrogen) atoms. The van der Waals surface area contributed by atoms with Crippen molar-refractivity contribution in [2.75, 3.05) is 5.32 Å². The zero-order valence-corrected chi connectivity index (χ0v) is 14.9. The molecule has 2 aromatic carbocycles. The van der Waals surface area contributed by atoms with Gasteiger partial charge in [-0.2, -0.15) is 5.26 Å². The summed E-state index contributed by atoms with van der Waals surface area (Å²) in [4.78, 5) is 0. The molecule has 0 saturated heterocycles. The standard InChI is InChI=1S/C14H11BF3N2O.K/c16-15(17,18)11-3-1-10(2-4-11)14(9-19)20-12-5-7-13(21)8-6-12;/h1-8,14,20-21H;/q-1;+1. The van der Waals surface area contributed by atoms with Crippen molar-refractivity contribution < 1.29 is 69.4 Å². The van der Waals surface area contributed by atoms with Crippen molar-refractivity contribution >= 4 is 18.1 Å². The van der Waals surface area contributed by atoms with Gasteiger partial charge in [-0.15, -0.1) is 5.46 Å². The number of phenolic OH excluding ortho intramolecular Hbond substituents is 1. The van der Waals surface area contributed by atoms with Crippen LogP contribution in [0.3, 0.4) is 0 Å². The fraction of sp³-hybridized carbons (Fsp3) is 0.0714. The van der Waals surface area contributed by atoms with Crippen LogP contribution in [0.1, 0.15) is 11.6 Å². The molecule has 2 aromatic rings. The molecule has 1 atom stereocenters. The number of aromatic hydroxyl groups is 1. The van der Waals surface area contributed by atoms with Crippen LogP contribution in [0.25, 0.3) is 0 Å². The average Bonchev–Trinajstić information content (AvgIpc) is 2.46. The summed E-state index contributed by atoms with van der Waals surface area (Å²) in [5.74, 6) is 0.0887. The van der Waals surface area contributed by atoms with E-state index in [9.17, 15) is 18.1 Å². The third kappa shape index (κ3) is 5.04. The van der Waals surface area contributed by atoms with Gasteiger partial charge < -0.3 is 23.4 Å². The number of nitrogens with zero attached hydrogens (tertiary/aromatic N) is 1. The molecule has 0 fully saturated rings. The molecule has 0 bridgehead atoms. The van der Waals surface area contributed by atoms with Crippen molar-refractivity contribution in [3.63, 3.8) is 0 Å². The fourth-order valence-electron chi connectivity index (χ4n) is 1.82. The van der Waals surface area contributed by atoms with Crippen LogP contribution in [0.2, 0.25) is 0 Å². The summed E-state index contributed by atoms with van der Waals surface area (Å²) < 4.78 is 37.6. The van der Waals surface area contributed by atoms with Crippen molar-refractivity contribution in [1.29, 1.82) is 5.26 Å². The largest absolute Gasteiger partial charge is 1.00 e. The van der Waals surface area contributed by atoms with Gasteiger partial charge in [0.25, 0.3) is 0 Å². The van der Waals surface area contributed by atoms with Gasteiger partial charge in [0.1, 0.15) is 11.8 Å². The van der Waals surface area contributed by atoms with Gasteiger partial charge in [0.2, 0.25) is 0 Å². The molecule has 8 heteroatoms. The van der Waals surface area contributed by atoms with E-state index in [1.54, 1.807) is 12.1 Å². The van der Waals surface area contributed by atoms with Gasteiger partial charge in [0, 0.05) is 5.69 Å². The first kappa shape index (κ1) is 19.1. The SMILES string of the molecule is N#CC(Nc1ccc(O)cc1)c1ccc([B-](F)(F)F)cc1.[K+]. The first-order valence-electron chi connectivity index (χ1n) is 6.15. The molecule has 2 N–H and O–H groups in total. The van der Waals surface area contributed by atoms with E-state index in [0.717, 1.165) is 12.1 Å². The Kier molecular flexibility index (Phi) is 6.97. The Bertz CT molecular complexity index is 654. The Morgan fingerprint density at radius 3 is 2.00 bits per heavy atom. The zero-order valence-electron chi connectivity index (χ0n) is 11.8. The van der Waals surface area contributed by atoms with Gasteiger partial charge in [-0.1, -0.05) is 24.3 Å². The second-order valence-corrected chi connectivity index (χ2v) is 4.49. The predicted molar refractivity (Wildman–Crippen MR) is 75.2 cm³/mol. The van der Waals surface area contributed by atoms with E-state index in [1.807, 2.05) is 6.07 Å². The van der Waals surface area contributed by atoms with Gasteiger partial charge >= 0.3 is 58.4 Å². The van der Waals surface area contributed by atoms with Crippen molar-refractivity contribution in [3.05, 3.63) is 54.1 Å². The van der Waals surface area contributed by atoms with Crippen LogP contribution in [0.5, 0.6) is 5.75 Å². The minimum Gasteiger partial charge on any atom is -0.508 e. The number of halogens is 3. The topological polar surface area (TPSA) is 56.0 Å². The Labute approximate surface area is 168 Å². The summed E-state index contributed by atoms with van der Waals surface area (Å²) in [6.45, 7) is -5.03. The van der Waals surface area contributed by atoms with E-state index in [2.05, 4.69) is 5.32 Å². The maximum Gasteiger partial charge on any atom is 1.00 e. The monoisotopic (exact) mass is 330 g/mol. The summed E-state index contributed by atoms with van der Waals surface area (Å²) in [6.07, 6.45) is 0. The third-order valence-corrected chi connectivity index (χ3v) is 2.96. The van der Waals surface area contributed by atoms with E-state index in [4.69, 9.17) is 5.26 Å². The number of benzene rings is 2. The number of phenols is 1. The number of nitriles is 1. The Morgan fingerprint density at radius 2 is 1.55 bits per heavy atom. The molecule has 108 valence electrons. The minimum atomic E-state index is -5.03. The van der Waals surface area contributed by atoms with E-state index in [1.165, 1.54) is 24.3 Å². The number of hydrogen-bond donors (Lipinski definition) is 2.